The number of benzene rings is 1. The zero-order valence-corrected chi connectivity index (χ0v) is 13.8. The van der Waals surface area contributed by atoms with Crippen LogP contribution in [-0.2, 0) is 21.8 Å². The lowest BCUT2D eigenvalue weighted by Gasteiger charge is -2.22. The topological polar surface area (TPSA) is 49.7 Å². The van der Waals surface area contributed by atoms with Crippen molar-refractivity contribution in [2.45, 2.75) is 19.3 Å². The summed E-state index contributed by atoms with van der Waals surface area (Å²) in [6, 6.07) is 8.72. The highest BCUT2D eigenvalue weighted by Crippen LogP contribution is 2.30. The molecule has 0 radical (unpaired) electrons. The van der Waals surface area contributed by atoms with E-state index < -0.39 is 5.79 Å². The standard InChI is InChI=1S/C17H18ClNO4/c1-17(22-7-8-23-17)13-5-6-19(16(20)10-13)11-12-9-14(18)3-4-15(12)21-2/h3-6,9-10H,7-8,11H2,1-2H3. The van der Waals surface area contributed by atoms with Crippen LogP contribution in [0.25, 0.3) is 0 Å². The molecule has 0 atom stereocenters. The van der Waals surface area contributed by atoms with Gasteiger partial charge in [0, 0.05) is 28.4 Å². The third-order valence-electron chi connectivity index (χ3n) is 3.94. The number of rotatable bonds is 4. The first-order valence-electron chi connectivity index (χ1n) is 7.33. The first-order valence-corrected chi connectivity index (χ1v) is 7.71. The summed E-state index contributed by atoms with van der Waals surface area (Å²) in [6.45, 7) is 3.25. The van der Waals surface area contributed by atoms with Crippen LogP contribution in [-0.4, -0.2) is 24.9 Å². The highest BCUT2D eigenvalue weighted by Gasteiger charge is 2.33. The summed E-state index contributed by atoms with van der Waals surface area (Å²) < 4.78 is 18.1. The summed E-state index contributed by atoms with van der Waals surface area (Å²) in [5, 5.41) is 0.603. The summed E-state index contributed by atoms with van der Waals surface area (Å²) >= 11 is 6.03. The fourth-order valence-corrected chi connectivity index (χ4v) is 2.85. The van der Waals surface area contributed by atoms with Gasteiger partial charge < -0.3 is 18.8 Å². The van der Waals surface area contributed by atoms with Crippen molar-refractivity contribution in [1.29, 1.82) is 0 Å². The number of pyridine rings is 1. The van der Waals surface area contributed by atoms with E-state index in [-0.39, 0.29) is 5.56 Å². The summed E-state index contributed by atoms with van der Waals surface area (Å²) in [5.41, 5.74) is 1.42. The average Bonchev–Trinajstić information content (AvgIpc) is 2.97. The third kappa shape index (κ3) is 3.27. The van der Waals surface area contributed by atoms with Gasteiger partial charge in [-0.1, -0.05) is 11.6 Å². The zero-order valence-electron chi connectivity index (χ0n) is 13.0. The molecule has 1 aromatic carbocycles. The van der Waals surface area contributed by atoms with Crippen LogP contribution < -0.4 is 10.3 Å². The first kappa shape index (κ1) is 16.1. The predicted octanol–water partition coefficient (Wildman–Crippen LogP) is 2.78. The lowest BCUT2D eigenvalue weighted by atomic mass is 10.1. The van der Waals surface area contributed by atoms with Gasteiger partial charge in [0.25, 0.3) is 5.56 Å². The van der Waals surface area contributed by atoms with Crippen LogP contribution in [0.2, 0.25) is 5.02 Å². The van der Waals surface area contributed by atoms with Gasteiger partial charge in [-0.3, -0.25) is 4.79 Å². The highest BCUT2D eigenvalue weighted by atomic mass is 35.5. The maximum Gasteiger partial charge on any atom is 0.251 e. The van der Waals surface area contributed by atoms with Gasteiger partial charge in [0.05, 0.1) is 26.9 Å². The van der Waals surface area contributed by atoms with Crippen molar-refractivity contribution in [1.82, 2.24) is 4.57 Å². The Kier molecular flexibility index (Phi) is 4.43. The molecule has 2 heterocycles. The monoisotopic (exact) mass is 335 g/mol. The van der Waals surface area contributed by atoms with Crippen molar-refractivity contribution in [2.24, 2.45) is 0 Å². The summed E-state index contributed by atoms with van der Waals surface area (Å²) in [7, 11) is 1.59. The Labute approximate surface area is 139 Å². The number of nitrogens with zero attached hydrogens (tertiary/aromatic N) is 1. The van der Waals surface area contributed by atoms with Gasteiger partial charge in [-0.15, -0.1) is 0 Å². The van der Waals surface area contributed by atoms with Crippen molar-refractivity contribution in [2.75, 3.05) is 20.3 Å². The van der Waals surface area contributed by atoms with E-state index in [9.17, 15) is 4.79 Å². The van der Waals surface area contributed by atoms with Crippen LogP contribution in [0, 0.1) is 0 Å². The highest BCUT2D eigenvalue weighted by molar-refractivity contribution is 6.30. The fourth-order valence-electron chi connectivity index (χ4n) is 2.66. The van der Waals surface area contributed by atoms with Crippen molar-refractivity contribution < 1.29 is 14.2 Å². The van der Waals surface area contributed by atoms with Crippen molar-refractivity contribution in [3.8, 4) is 5.75 Å². The molecule has 0 saturated carbocycles. The molecule has 122 valence electrons. The molecule has 0 bridgehead atoms. The molecular formula is C17H18ClNO4. The molecular weight excluding hydrogens is 318 g/mol. The Hall–Kier alpha value is -1.82. The van der Waals surface area contributed by atoms with E-state index in [1.807, 2.05) is 13.0 Å². The van der Waals surface area contributed by atoms with Crippen LogP contribution in [0.3, 0.4) is 0 Å². The number of hydrogen-bond donors (Lipinski definition) is 0. The Morgan fingerprint density at radius 2 is 2.00 bits per heavy atom. The lowest BCUT2D eigenvalue weighted by Crippen LogP contribution is -2.27. The summed E-state index contributed by atoms with van der Waals surface area (Å²) in [6.07, 6.45) is 1.73. The van der Waals surface area contributed by atoms with E-state index in [0.717, 1.165) is 5.56 Å². The van der Waals surface area contributed by atoms with E-state index in [4.69, 9.17) is 25.8 Å². The van der Waals surface area contributed by atoms with Gasteiger partial charge in [-0.05, 0) is 31.2 Å². The number of hydrogen-bond acceptors (Lipinski definition) is 4. The maximum absolute atomic E-state index is 12.4. The van der Waals surface area contributed by atoms with Crippen molar-refractivity contribution in [3.05, 3.63) is 63.0 Å². The molecule has 2 aromatic rings. The zero-order chi connectivity index (χ0) is 16.4. The van der Waals surface area contributed by atoms with Gasteiger partial charge in [-0.25, -0.2) is 0 Å². The molecule has 1 aliphatic heterocycles. The molecule has 1 fully saturated rings. The Morgan fingerprint density at radius 1 is 1.26 bits per heavy atom. The third-order valence-corrected chi connectivity index (χ3v) is 4.18. The lowest BCUT2D eigenvalue weighted by molar-refractivity contribution is -0.149. The van der Waals surface area contributed by atoms with Gasteiger partial charge in [0.15, 0.2) is 5.79 Å². The molecule has 0 aliphatic carbocycles. The molecule has 0 N–H and O–H groups in total. The average molecular weight is 336 g/mol. The van der Waals surface area contributed by atoms with Crippen LogP contribution in [0.15, 0.2) is 41.3 Å². The smallest absolute Gasteiger partial charge is 0.251 e. The minimum Gasteiger partial charge on any atom is -0.496 e. The first-order chi connectivity index (χ1) is 11.0. The molecule has 1 aromatic heterocycles. The van der Waals surface area contributed by atoms with Gasteiger partial charge >= 0.3 is 0 Å². The molecule has 0 unspecified atom stereocenters. The molecule has 0 spiro atoms. The van der Waals surface area contributed by atoms with Crippen molar-refractivity contribution in [3.63, 3.8) is 0 Å². The van der Waals surface area contributed by atoms with Crippen LogP contribution in [0.1, 0.15) is 18.1 Å². The molecule has 6 heteroatoms. The summed E-state index contributed by atoms with van der Waals surface area (Å²) in [4.78, 5) is 12.4. The summed E-state index contributed by atoms with van der Waals surface area (Å²) in [5.74, 6) is -0.147. The van der Waals surface area contributed by atoms with E-state index in [0.29, 0.717) is 36.1 Å². The minimum atomic E-state index is -0.841. The maximum atomic E-state index is 12.4. The second-order valence-corrected chi connectivity index (χ2v) is 5.92. The number of ether oxygens (including phenoxy) is 3. The van der Waals surface area contributed by atoms with E-state index >= 15 is 0 Å². The van der Waals surface area contributed by atoms with E-state index in [1.54, 1.807) is 42.1 Å². The normalized spacial score (nSPS) is 16.5. The van der Waals surface area contributed by atoms with E-state index in [2.05, 4.69) is 0 Å². The Balaban J connectivity index is 1.90. The number of methoxy groups -OCH3 is 1. The predicted molar refractivity (Wildman–Crippen MR) is 87.1 cm³/mol. The number of halogens is 1. The molecule has 1 aliphatic rings. The number of aromatic nitrogens is 1. The Bertz CT molecular complexity index is 765. The van der Waals surface area contributed by atoms with Gasteiger partial charge in [-0.2, -0.15) is 0 Å². The van der Waals surface area contributed by atoms with E-state index in [1.165, 1.54) is 0 Å². The quantitative estimate of drug-likeness (QED) is 0.862. The van der Waals surface area contributed by atoms with Crippen LogP contribution >= 0.6 is 11.6 Å². The second-order valence-electron chi connectivity index (χ2n) is 5.48. The molecule has 0 amide bonds. The fraction of sp³-hybridized carbons (Fsp3) is 0.353. The molecule has 23 heavy (non-hydrogen) atoms. The molecule has 1 saturated heterocycles. The minimum absolute atomic E-state index is 0.134. The molecule has 3 rings (SSSR count). The van der Waals surface area contributed by atoms with Crippen LogP contribution in [0.4, 0.5) is 0 Å². The largest absolute Gasteiger partial charge is 0.496 e. The molecule has 5 nitrogen and oxygen atoms in total. The second kappa shape index (κ2) is 6.35. The SMILES string of the molecule is COc1ccc(Cl)cc1Cn1ccc(C2(C)OCCO2)cc1=O. The van der Waals surface area contributed by atoms with Crippen LogP contribution in [0.5, 0.6) is 5.75 Å². The van der Waals surface area contributed by atoms with Crippen molar-refractivity contribution >= 4 is 11.6 Å². The van der Waals surface area contributed by atoms with Gasteiger partial charge in [0.2, 0.25) is 0 Å². The Morgan fingerprint density at radius 3 is 2.65 bits per heavy atom. The van der Waals surface area contributed by atoms with Gasteiger partial charge in [0.1, 0.15) is 5.75 Å².